The first-order valence-corrected chi connectivity index (χ1v) is 16.5. The van der Waals surface area contributed by atoms with Gasteiger partial charge in [-0.05, 0) is 96.8 Å². The summed E-state index contributed by atoms with van der Waals surface area (Å²) in [5, 5.41) is 0. The van der Waals surface area contributed by atoms with E-state index in [1.165, 1.54) is 103 Å². The normalized spacial score (nSPS) is 24.1. The Hall–Kier alpha value is -1.03. The summed E-state index contributed by atoms with van der Waals surface area (Å²) in [6, 6.07) is 5.60. The van der Waals surface area contributed by atoms with Crippen LogP contribution in [0.3, 0.4) is 0 Å². The van der Waals surface area contributed by atoms with E-state index in [4.69, 9.17) is 9.47 Å². The molecule has 3 rings (SSSR count). The molecule has 210 valence electrons. The zero-order valence-corrected chi connectivity index (χ0v) is 25.4. The van der Waals surface area contributed by atoms with Gasteiger partial charge in [-0.1, -0.05) is 90.9 Å². The molecular formula is C33H53BrO3. The van der Waals surface area contributed by atoms with E-state index in [0.29, 0.717) is 5.56 Å². The molecule has 0 unspecified atom stereocenters. The van der Waals surface area contributed by atoms with Gasteiger partial charge in [0.25, 0.3) is 0 Å². The third-order valence-corrected chi connectivity index (χ3v) is 9.56. The number of carbonyl (C=O) groups is 1. The molecule has 2 fully saturated rings. The van der Waals surface area contributed by atoms with Gasteiger partial charge in [-0.3, -0.25) is 0 Å². The molecule has 0 bridgehead atoms. The summed E-state index contributed by atoms with van der Waals surface area (Å²) in [5.74, 6) is 3.34. The zero-order chi connectivity index (χ0) is 26.3. The number of rotatable bonds is 16. The van der Waals surface area contributed by atoms with Crippen LogP contribution in [0.5, 0.6) is 5.75 Å². The first kappa shape index (κ1) is 30.5. The van der Waals surface area contributed by atoms with Crippen LogP contribution in [0, 0.1) is 17.8 Å². The Kier molecular flexibility index (Phi) is 14.5. The van der Waals surface area contributed by atoms with E-state index in [9.17, 15) is 4.79 Å². The predicted molar refractivity (Wildman–Crippen MR) is 158 cm³/mol. The van der Waals surface area contributed by atoms with Crippen molar-refractivity contribution in [2.45, 2.75) is 142 Å². The zero-order valence-electron chi connectivity index (χ0n) is 23.8. The van der Waals surface area contributed by atoms with Crippen molar-refractivity contribution in [1.29, 1.82) is 0 Å². The largest absolute Gasteiger partial charge is 0.492 e. The molecular weight excluding hydrogens is 524 g/mol. The van der Waals surface area contributed by atoms with E-state index >= 15 is 0 Å². The second-order valence-electron chi connectivity index (χ2n) is 11.8. The van der Waals surface area contributed by atoms with Crippen molar-refractivity contribution in [3.05, 3.63) is 28.2 Å². The average molecular weight is 578 g/mol. The van der Waals surface area contributed by atoms with Crippen LogP contribution >= 0.6 is 15.9 Å². The molecule has 0 atom stereocenters. The molecule has 1 aromatic carbocycles. The number of benzene rings is 1. The molecule has 0 N–H and O–H groups in total. The average Bonchev–Trinajstić information content (AvgIpc) is 2.92. The molecule has 2 aliphatic carbocycles. The minimum atomic E-state index is -0.199. The SMILES string of the molecule is CCCCCCCCCOc1ccc(C(=O)OC2CCC(C3CCC(CCCCC)CC3)CC2)cc1Br. The Balaban J connectivity index is 1.32. The van der Waals surface area contributed by atoms with Gasteiger partial charge in [0.1, 0.15) is 11.9 Å². The summed E-state index contributed by atoms with van der Waals surface area (Å²) in [5.41, 5.74) is 0.610. The Labute approximate surface area is 236 Å². The molecule has 0 aliphatic heterocycles. The number of halogens is 1. The Morgan fingerprint density at radius 2 is 1.38 bits per heavy atom. The number of esters is 1. The number of hydrogen-bond acceptors (Lipinski definition) is 3. The van der Waals surface area contributed by atoms with Gasteiger partial charge < -0.3 is 9.47 Å². The molecule has 2 aliphatic rings. The quantitative estimate of drug-likeness (QED) is 0.145. The van der Waals surface area contributed by atoms with Crippen LogP contribution in [-0.2, 0) is 4.74 Å². The lowest BCUT2D eigenvalue weighted by Gasteiger charge is -2.37. The summed E-state index contributed by atoms with van der Waals surface area (Å²) in [6.07, 6.45) is 24.8. The molecule has 0 spiro atoms. The van der Waals surface area contributed by atoms with E-state index in [0.717, 1.165) is 53.8 Å². The summed E-state index contributed by atoms with van der Waals surface area (Å²) < 4.78 is 12.7. The fraction of sp³-hybridized carbons (Fsp3) is 0.788. The molecule has 2 saturated carbocycles. The van der Waals surface area contributed by atoms with Crippen LogP contribution in [0.15, 0.2) is 22.7 Å². The lowest BCUT2D eigenvalue weighted by atomic mass is 9.70. The highest BCUT2D eigenvalue weighted by atomic mass is 79.9. The van der Waals surface area contributed by atoms with Gasteiger partial charge in [-0.25, -0.2) is 4.79 Å². The molecule has 0 heterocycles. The molecule has 1 aromatic rings. The van der Waals surface area contributed by atoms with Gasteiger partial charge in [-0.2, -0.15) is 0 Å². The molecule has 0 aromatic heterocycles. The van der Waals surface area contributed by atoms with Crippen LogP contribution in [0.1, 0.15) is 146 Å². The number of hydrogen-bond donors (Lipinski definition) is 0. The second kappa shape index (κ2) is 17.5. The van der Waals surface area contributed by atoms with Crippen molar-refractivity contribution in [2.75, 3.05) is 6.61 Å². The van der Waals surface area contributed by atoms with Gasteiger partial charge in [-0.15, -0.1) is 0 Å². The van der Waals surface area contributed by atoms with Crippen molar-refractivity contribution in [3.63, 3.8) is 0 Å². The van der Waals surface area contributed by atoms with Gasteiger partial charge in [0.15, 0.2) is 0 Å². The minimum Gasteiger partial charge on any atom is -0.492 e. The van der Waals surface area contributed by atoms with E-state index in [1.807, 2.05) is 18.2 Å². The van der Waals surface area contributed by atoms with E-state index < -0.39 is 0 Å². The Morgan fingerprint density at radius 3 is 2.03 bits per heavy atom. The Bertz CT molecular complexity index is 763. The topological polar surface area (TPSA) is 35.5 Å². The number of unbranched alkanes of at least 4 members (excludes halogenated alkanes) is 8. The lowest BCUT2D eigenvalue weighted by molar-refractivity contribution is 0.0109. The lowest BCUT2D eigenvalue weighted by Crippen LogP contribution is -2.29. The number of carbonyl (C=O) groups excluding carboxylic acids is 1. The highest BCUT2D eigenvalue weighted by molar-refractivity contribution is 9.10. The van der Waals surface area contributed by atoms with E-state index in [-0.39, 0.29) is 12.1 Å². The van der Waals surface area contributed by atoms with Crippen molar-refractivity contribution < 1.29 is 14.3 Å². The first-order valence-electron chi connectivity index (χ1n) is 15.7. The molecule has 4 heteroatoms. The van der Waals surface area contributed by atoms with Crippen molar-refractivity contribution in [2.24, 2.45) is 17.8 Å². The summed E-state index contributed by atoms with van der Waals surface area (Å²) in [6.45, 7) is 5.27. The maximum Gasteiger partial charge on any atom is 0.338 e. The molecule has 0 radical (unpaired) electrons. The summed E-state index contributed by atoms with van der Waals surface area (Å²) >= 11 is 3.59. The van der Waals surface area contributed by atoms with E-state index in [1.54, 1.807) is 0 Å². The van der Waals surface area contributed by atoms with Gasteiger partial charge in [0.05, 0.1) is 16.6 Å². The molecule has 37 heavy (non-hydrogen) atoms. The van der Waals surface area contributed by atoms with E-state index in [2.05, 4.69) is 29.8 Å². The fourth-order valence-electron chi connectivity index (χ4n) is 6.51. The van der Waals surface area contributed by atoms with Crippen LogP contribution in [0.4, 0.5) is 0 Å². The monoisotopic (exact) mass is 576 g/mol. The standard InChI is InChI=1S/C33H53BrO3/c1-3-5-7-8-9-10-12-24-36-32-23-20-29(25-31(32)34)33(35)37-30-21-18-28(19-22-30)27-16-14-26(15-17-27)13-11-6-4-2/h20,23,25-28,30H,3-19,21-22,24H2,1-2H3. The molecule has 0 amide bonds. The van der Waals surface area contributed by atoms with Crippen LogP contribution in [-0.4, -0.2) is 18.7 Å². The van der Waals surface area contributed by atoms with Crippen LogP contribution in [0.2, 0.25) is 0 Å². The maximum absolute atomic E-state index is 12.8. The summed E-state index contributed by atoms with van der Waals surface area (Å²) in [4.78, 5) is 12.8. The van der Waals surface area contributed by atoms with Crippen LogP contribution < -0.4 is 4.74 Å². The second-order valence-corrected chi connectivity index (χ2v) is 12.7. The van der Waals surface area contributed by atoms with Gasteiger partial charge in [0, 0.05) is 0 Å². The highest BCUT2D eigenvalue weighted by Gasteiger charge is 2.32. The van der Waals surface area contributed by atoms with Crippen molar-refractivity contribution >= 4 is 21.9 Å². The first-order chi connectivity index (χ1) is 18.1. The maximum atomic E-state index is 12.8. The Morgan fingerprint density at radius 1 is 0.784 bits per heavy atom. The van der Waals surface area contributed by atoms with Gasteiger partial charge >= 0.3 is 5.97 Å². The van der Waals surface area contributed by atoms with Crippen molar-refractivity contribution in [1.82, 2.24) is 0 Å². The smallest absolute Gasteiger partial charge is 0.338 e. The molecule has 3 nitrogen and oxygen atoms in total. The molecule has 0 saturated heterocycles. The van der Waals surface area contributed by atoms with Crippen LogP contribution in [0.25, 0.3) is 0 Å². The number of ether oxygens (including phenoxy) is 2. The minimum absolute atomic E-state index is 0.0705. The predicted octanol–water partition coefficient (Wildman–Crippen LogP) is 10.7. The third-order valence-electron chi connectivity index (χ3n) is 8.94. The van der Waals surface area contributed by atoms with Crippen molar-refractivity contribution in [3.8, 4) is 5.75 Å². The highest BCUT2D eigenvalue weighted by Crippen LogP contribution is 2.41. The van der Waals surface area contributed by atoms with Gasteiger partial charge in [0.2, 0.25) is 0 Å². The summed E-state index contributed by atoms with van der Waals surface area (Å²) in [7, 11) is 0. The fourth-order valence-corrected chi connectivity index (χ4v) is 7.01. The third kappa shape index (κ3) is 10.9.